The van der Waals surface area contributed by atoms with Crippen molar-refractivity contribution in [3.63, 3.8) is 0 Å². The van der Waals surface area contributed by atoms with Crippen LogP contribution >= 0.6 is 0 Å². The molecule has 0 aliphatic carbocycles. The highest BCUT2D eigenvalue weighted by Crippen LogP contribution is 2.35. The molecule has 400 valence electrons. The average Bonchev–Trinajstić information content (AvgIpc) is 3.56. The van der Waals surface area contributed by atoms with Gasteiger partial charge in [0.15, 0.2) is 37.0 Å². The van der Waals surface area contributed by atoms with Crippen LogP contribution in [0.4, 0.5) is 0 Å². The van der Waals surface area contributed by atoms with Crippen molar-refractivity contribution in [3.05, 3.63) is 251 Å². The summed E-state index contributed by atoms with van der Waals surface area (Å²) >= 11 is 0. The molecular weight excluding hydrogens is 1000 g/mol. The van der Waals surface area contributed by atoms with Crippen LogP contribution in [0.2, 0.25) is 0 Å². The number of ether oxygens (including phenoxy) is 11. The third-order valence-corrected chi connectivity index (χ3v) is 12.8. The first-order valence-corrected chi connectivity index (χ1v) is 25.2. The summed E-state index contributed by atoms with van der Waals surface area (Å²) in [6.07, 6.45) is -14.1. The second-order valence-corrected chi connectivity index (χ2v) is 18.1. The molecule has 10 atom stereocenters. The molecule has 0 radical (unpaired) electrons. The molecule has 16 nitrogen and oxygen atoms in total. The van der Waals surface area contributed by atoms with Crippen LogP contribution in [-0.2, 0) is 65.3 Å². The van der Waals surface area contributed by atoms with Crippen LogP contribution in [0.15, 0.2) is 212 Å². The highest BCUT2D eigenvalue weighted by atomic mass is 16.8. The molecule has 0 N–H and O–H groups in total. The summed E-state index contributed by atoms with van der Waals surface area (Å²) in [6, 6.07) is 59.4. The molecule has 2 aliphatic rings. The minimum Gasteiger partial charge on any atom is -0.459 e. The maximum Gasteiger partial charge on any atom is 0.338 e. The lowest BCUT2D eigenvalue weighted by molar-refractivity contribution is -0.335. The molecule has 78 heavy (non-hydrogen) atoms. The summed E-state index contributed by atoms with van der Waals surface area (Å²) < 4.78 is 70.3. The van der Waals surface area contributed by atoms with Gasteiger partial charge in [-0.25, -0.2) is 24.0 Å². The van der Waals surface area contributed by atoms with Crippen LogP contribution in [0.1, 0.15) is 62.9 Å². The smallest absolute Gasteiger partial charge is 0.338 e. The van der Waals surface area contributed by atoms with E-state index in [1.54, 1.807) is 115 Å². The fraction of sp³-hybridized carbons (Fsp3) is 0.242. The molecule has 0 bridgehead atoms. The quantitative estimate of drug-likeness (QED) is 0.0490. The molecule has 2 saturated heterocycles. The minimum atomic E-state index is -1.74. The fourth-order valence-electron chi connectivity index (χ4n) is 8.86. The molecule has 0 amide bonds. The molecule has 0 unspecified atom stereocenters. The van der Waals surface area contributed by atoms with E-state index in [2.05, 4.69) is 0 Å². The van der Waals surface area contributed by atoms with Crippen molar-refractivity contribution in [1.82, 2.24) is 0 Å². The second-order valence-electron chi connectivity index (χ2n) is 18.1. The van der Waals surface area contributed by atoms with Gasteiger partial charge in [-0.1, -0.05) is 152 Å². The zero-order valence-electron chi connectivity index (χ0n) is 42.3. The van der Waals surface area contributed by atoms with Crippen molar-refractivity contribution in [2.75, 3.05) is 20.3 Å². The van der Waals surface area contributed by atoms with Crippen molar-refractivity contribution < 1.29 is 76.1 Å². The van der Waals surface area contributed by atoms with Crippen LogP contribution in [-0.4, -0.2) is 112 Å². The Kier molecular flexibility index (Phi) is 18.9. The van der Waals surface area contributed by atoms with Crippen molar-refractivity contribution in [3.8, 4) is 0 Å². The summed E-state index contributed by atoms with van der Waals surface area (Å²) in [7, 11) is 1.43. The molecular formula is C62H56O16. The number of methoxy groups -OCH3 is 1. The summed E-state index contributed by atoms with van der Waals surface area (Å²) in [5.41, 5.74) is 2.39. The van der Waals surface area contributed by atoms with E-state index < -0.39 is 104 Å². The first-order chi connectivity index (χ1) is 38.2. The second kappa shape index (κ2) is 27.1. The Balaban J connectivity index is 1.11. The predicted molar refractivity (Wildman–Crippen MR) is 280 cm³/mol. The predicted octanol–water partition coefficient (Wildman–Crippen LogP) is 9.03. The summed E-state index contributed by atoms with van der Waals surface area (Å²) in [5, 5.41) is 0. The topological polar surface area (TPSA) is 187 Å². The molecule has 2 aliphatic heterocycles. The Morgan fingerprint density at radius 3 is 1.06 bits per heavy atom. The van der Waals surface area contributed by atoms with E-state index in [-0.39, 0.29) is 41.0 Å². The van der Waals surface area contributed by atoms with E-state index in [1.165, 1.54) is 43.5 Å². The molecule has 16 heteroatoms. The highest BCUT2D eigenvalue weighted by molar-refractivity contribution is 5.92. The standard InChI is InChI=1S/C62H56O16/c1-68-61-54(70-38-42-25-11-3-12-26-42)52(69-37-41-23-9-2-10-24-41)50(75-57(64)44-29-15-5-16-30-44)49(73-61)40-72-62-55(78-60(67)47-35-21-8-22-36-47)53(77-59(66)46-33-19-7-20-34-46)51(76-58(65)45-31-17-6-18-32-45)48(74-62)39-71-56(63)43-27-13-4-14-28-43/h2-36,48-55,61-62H,37-40H2,1H3/t48-,49-,50-,51-,52+,53+,54-,55-,61+,62-/m1/s1. The number of hydrogen-bond acceptors (Lipinski definition) is 16. The molecule has 0 saturated carbocycles. The van der Waals surface area contributed by atoms with Gasteiger partial charge in [0, 0.05) is 7.11 Å². The van der Waals surface area contributed by atoms with Crippen LogP contribution in [0, 0.1) is 0 Å². The first kappa shape index (κ1) is 54.4. The molecule has 9 rings (SSSR count). The van der Waals surface area contributed by atoms with Gasteiger partial charge in [0.1, 0.15) is 31.0 Å². The van der Waals surface area contributed by atoms with Gasteiger partial charge in [-0.2, -0.15) is 0 Å². The maximum absolute atomic E-state index is 14.3. The van der Waals surface area contributed by atoms with Crippen LogP contribution in [0.5, 0.6) is 0 Å². The normalized spacial score (nSPS) is 22.7. The van der Waals surface area contributed by atoms with Crippen molar-refractivity contribution >= 4 is 29.8 Å². The Hall–Kier alpha value is -8.35. The Morgan fingerprint density at radius 2 is 0.654 bits per heavy atom. The van der Waals surface area contributed by atoms with Gasteiger partial charge in [-0.3, -0.25) is 0 Å². The van der Waals surface area contributed by atoms with Gasteiger partial charge in [-0.05, 0) is 71.8 Å². The highest BCUT2D eigenvalue weighted by Gasteiger charge is 2.55. The number of carbonyl (C=O) groups is 5. The molecule has 7 aromatic rings. The summed E-state index contributed by atoms with van der Waals surface area (Å²) in [5.74, 6) is -4.13. The molecule has 2 fully saturated rings. The zero-order valence-corrected chi connectivity index (χ0v) is 42.3. The van der Waals surface area contributed by atoms with Crippen molar-refractivity contribution in [2.24, 2.45) is 0 Å². The lowest BCUT2D eigenvalue weighted by atomic mass is 9.96. The maximum atomic E-state index is 14.3. The Bertz CT molecular complexity index is 3010. The lowest BCUT2D eigenvalue weighted by Gasteiger charge is -2.47. The van der Waals surface area contributed by atoms with Crippen LogP contribution in [0.25, 0.3) is 0 Å². The van der Waals surface area contributed by atoms with E-state index in [0.717, 1.165) is 11.1 Å². The number of esters is 5. The van der Waals surface area contributed by atoms with E-state index in [1.807, 2.05) is 60.7 Å². The monoisotopic (exact) mass is 1060 g/mol. The van der Waals surface area contributed by atoms with Crippen molar-refractivity contribution in [1.29, 1.82) is 0 Å². The largest absolute Gasteiger partial charge is 0.459 e. The van der Waals surface area contributed by atoms with Gasteiger partial charge < -0.3 is 52.1 Å². The molecule has 0 spiro atoms. The van der Waals surface area contributed by atoms with E-state index in [0.29, 0.717) is 0 Å². The minimum absolute atomic E-state index is 0.0459. The molecule has 0 aromatic heterocycles. The summed E-state index contributed by atoms with van der Waals surface area (Å²) in [4.78, 5) is 70.6. The third kappa shape index (κ3) is 14.2. The number of carbonyl (C=O) groups excluding carboxylic acids is 5. The van der Waals surface area contributed by atoms with Gasteiger partial charge in [0.2, 0.25) is 0 Å². The third-order valence-electron chi connectivity index (χ3n) is 12.8. The van der Waals surface area contributed by atoms with Gasteiger partial charge >= 0.3 is 29.8 Å². The van der Waals surface area contributed by atoms with E-state index in [9.17, 15) is 24.0 Å². The summed E-state index contributed by atoms with van der Waals surface area (Å²) in [6.45, 7) is -0.972. The number of benzene rings is 7. The fourth-order valence-corrected chi connectivity index (χ4v) is 8.86. The van der Waals surface area contributed by atoms with Crippen LogP contribution in [0.3, 0.4) is 0 Å². The van der Waals surface area contributed by atoms with Gasteiger partial charge in [0.05, 0.1) is 47.6 Å². The van der Waals surface area contributed by atoms with Crippen molar-refractivity contribution in [2.45, 2.75) is 74.6 Å². The Morgan fingerprint density at radius 1 is 0.333 bits per heavy atom. The van der Waals surface area contributed by atoms with Gasteiger partial charge in [-0.15, -0.1) is 0 Å². The lowest BCUT2D eigenvalue weighted by Crippen LogP contribution is -2.64. The number of hydrogen-bond donors (Lipinski definition) is 0. The SMILES string of the molecule is CO[C@H]1O[C@H](CO[C@@H]2O[C@H](COC(=O)c3ccccc3)[C@@H](OC(=O)c3ccccc3)[C@H](OC(=O)c3ccccc3)[C@H]2OC(=O)c2ccccc2)[C@@H](OC(=O)c2ccccc2)[C@H](OCc2ccccc2)[C@H]1OCc1ccccc1. The van der Waals surface area contributed by atoms with Gasteiger partial charge in [0.25, 0.3) is 0 Å². The number of rotatable bonds is 21. The Labute approximate surface area is 450 Å². The molecule has 2 heterocycles. The van der Waals surface area contributed by atoms with E-state index in [4.69, 9.17) is 52.1 Å². The van der Waals surface area contributed by atoms with Crippen LogP contribution < -0.4 is 0 Å². The molecule has 7 aromatic carbocycles. The average molecular weight is 1060 g/mol. The first-order valence-electron chi connectivity index (χ1n) is 25.2. The zero-order chi connectivity index (χ0) is 54.1. The van der Waals surface area contributed by atoms with E-state index >= 15 is 0 Å².